The number of halogens is 3. The molecule has 1 aromatic heterocycles. The van der Waals surface area contributed by atoms with Crippen LogP contribution in [0.15, 0.2) is 48.7 Å². The minimum Gasteiger partial charge on any atom is -0.468 e. The Kier molecular flexibility index (Phi) is 5.83. The van der Waals surface area contributed by atoms with E-state index in [1.807, 2.05) is 30.3 Å². The molecule has 144 valence electrons. The van der Waals surface area contributed by atoms with Gasteiger partial charge in [0.25, 0.3) is 0 Å². The van der Waals surface area contributed by atoms with Crippen LogP contribution in [0.3, 0.4) is 0 Å². The summed E-state index contributed by atoms with van der Waals surface area (Å²) in [4.78, 5) is 18.2. The first-order valence-electron chi connectivity index (χ1n) is 8.64. The van der Waals surface area contributed by atoms with Crippen molar-refractivity contribution < 1.29 is 22.7 Å². The molecule has 1 heterocycles. The van der Waals surface area contributed by atoms with Gasteiger partial charge in [-0.05, 0) is 24.5 Å². The number of carbonyl (C=O) groups excluding carboxylic acids is 1. The zero-order chi connectivity index (χ0) is 19.3. The number of nitrogens with one attached hydrogen (secondary N) is 1. The number of amides is 2. The topological polar surface area (TPSA) is 54.5 Å². The molecular formula is C19H20F3N3O2. The van der Waals surface area contributed by atoms with Crippen LogP contribution in [0.5, 0.6) is 5.88 Å². The summed E-state index contributed by atoms with van der Waals surface area (Å²) in [6, 6.07) is 12.8. The van der Waals surface area contributed by atoms with Crippen molar-refractivity contribution in [3.63, 3.8) is 0 Å². The lowest BCUT2D eigenvalue weighted by Crippen LogP contribution is -2.40. The summed E-state index contributed by atoms with van der Waals surface area (Å²) < 4.78 is 41.8. The van der Waals surface area contributed by atoms with Crippen molar-refractivity contribution in [2.24, 2.45) is 0 Å². The van der Waals surface area contributed by atoms with Crippen molar-refractivity contribution in [2.45, 2.75) is 38.1 Å². The first kappa shape index (κ1) is 19.0. The maximum Gasteiger partial charge on any atom is 0.422 e. The second-order valence-electron chi connectivity index (χ2n) is 6.37. The molecule has 1 N–H and O–H groups in total. The van der Waals surface area contributed by atoms with E-state index in [2.05, 4.69) is 10.3 Å². The van der Waals surface area contributed by atoms with Crippen molar-refractivity contribution >= 4 is 6.03 Å². The average Bonchev–Trinajstić information content (AvgIpc) is 3.48. The summed E-state index contributed by atoms with van der Waals surface area (Å²) in [6.07, 6.45) is -1.19. The number of pyridine rings is 1. The molecule has 1 fully saturated rings. The number of alkyl halides is 3. The van der Waals surface area contributed by atoms with Crippen molar-refractivity contribution in [3.8, 4) is 5.88 Å². The average molecular weight is 379 g/mol. The maximum atomic E-state index is 12.6. The quantitative estimate of drug-likeness (QED) is 0.794. The van der Waals surface area contributed by atoms with Gasteiger partial charge in [0.15, 0.2) is 6.61 Å². The van der Waals surface area contributed by atoms with E-state index in [0.717, 1.165) is 18.4 Å². The number of nitrogens with zero attached hydrogens (tertiary/aromatic N) is 2. The van der Waals surface area contributed by atoms with Gasteiger partial charge < -0.3 is 15.0 Å². The first-order chi connectivity index (χ1) is 12.9. The molecule has 2 aromatic rings. The Hall–Kier alpha value is -2.77. The number of aromatic nitrogens is 1. The first-order valence-corrected chi connectivity index (χ1v) is 8.64. The van der Waals surface area contributed by atoms with E-state index in [-0.39, 0.29) is 24.5 Å². The summed E-state index contributed by atoms with van der Waals surface area (Å²) in [5.41, 5.74) is 1.42. The molecule has 1 aromatic carbocycles. The highest BCUT2D eigenvalue weighted by molar-refractivity contribution is 5.75. The second kappa shape index (κ2) is 8.28. The van der Waals surface area contributed by atoms with Crippen LogP contribution in [0.4, 0.5) is 18.0 Å². The fraction of sp³-hybridized carbons (Fsp3) is 0.368. The summed E-state index contributed by atoms with van der Waals surface area (Å²) in [7, 11) is 0. The number of urea groups is 1. The minimum absolute atomic E-state index is 0.0396. The number of ether oxygens (including phenoxy) is 1. The monoisotopic (exact) mass is 379 g/mol. The van der Waals surface area contributed by atoms with Crippen molar-refractivity contribution in [1.82, 2.24) is 15.2 Å². The van der Waals surface area contributed by atoms with Gasteiger partial charge in [-0.3, -0.25) is 0 Å². The van der Waals surface area contributed by atoms with Gasteiger partial charge in [-0.1, -0.05) is 36.4 Å². The van der Waals surface area contributed by atoms with E-state index in [9.17, 15) is 18.0 Å². The third-order valence-electron chi connectivity index (χ3n) is 4.10. The van der Waals surface area contributed by atoms with Gasteiger partial charge in [-0.2, -0.15) is 13.2 Å². The third kappa shape index (κ3) is 5.87. The Balaban J connectivity index is 1.61. The fourth-order valence-electron chi connectivity index (χ4n) is 2.64. The maximum absolute atomic E-state index is 12.6. The van der Waals surface area contributed by atoms with E-state index in [0.29, 0.717) is 12.1 Å². The Bertz CT molecular complexity index is 764. The van der Waals surface area contributed by atoms with E-state index in [4.69, 9.17) is 4.74 Å². The smallest absolute Gasteiger partial charge is 0.422 e. The normalized spacial score (nSPS) is 13.9. The van der Waals surface area contributed by atoms with Gasteiger partial charge >= 0.3 is 12.2 Å². The predicted octanol–water partition coefficient (Wildman–Crippen LogP) is 3.90. The Morgan fingerprint density at radius 2 is 1.93 bits per heavy atom. The molecule has 0 spiro atoms. The molecule has 3 rings (SSSR count). The van der Waals surface area contributed by atoms with E-state index in [1.165, 1.54) is 6.20 Å². The van der Waals surface area contributed by atoms with Crippen LogP contribution < -0.4 is 10.1 Å². The Labute approximate surface area is 155 Å². The molecule has 0 atom stereocenters. The molecule has 2 amide bonds. The van der Waals surface area contributed by atoms with E-state index < -0.39 is 12.8 Å². The van der Waals surface area contributed by atoms with Gasteiger partial charge in [0.2, 0.25) is 5.88 Å². The molecule has 1 saturated carbocycles. The van der Waals surface area contributed by atoms with Crippen molar-refractivity contribution in [2.75, 3.05) is 6.61 Å². The van der Waals surface area contributed by atoms with Gasteiger partial charge in [-0.15, -0.1) is 0 Å². The fourth-order valence-corrected chi connectivity index (χ4v) is 2.64. The lowest BCUT2D eigenvalue weighted by atomic mass is 10.2. The molecule has 1 aliphatic rings. The number of hydrogen-bond donors (Lipinski definition) is 1. The molecule has 0 unspecified atom stereocenters. The number of benzene rings is 1. The van der Waals surface area contributed by atoms with Crippen LogP contribution in [-0.2, 0) is 13.1 Å². The zero-order valence-corrected chi connectivity index (χ0v) is 14.6. The zero-order valence-electron chi connectivity index (χ0n) is 14.6. The van der Waals surface area contributed by atoms with Crippen LogP contribution in [-0.4, -0.2) is 34.7 Å². The van der Waals surface area contributed by atoms with Gasteiger partial charge in [0.1, 0.15) is 0 Å². The second-order valence-corrected chi connectivity index (χ2v) is 6.37. The lowest BCUT2D eigenvalue weighted by molar-refractivity contribution is -0.154. The van der Waals surface area contributed by atoms with Crippen molar-refractivity contribution in [1.29, 1.82) is 0 Å². The molecular weight excluding hydrogens is 359 g/mol. The van der Waals surface area contributed by atoms with Gasteiger partial charge in [0.05, 0.1) is 0 Å². The predicted molar refractivity (Wildman–Crippen MR) is 93.0 cm³/mol. The summed E-state index contributed by atoms with van der Waals surface area (Å²) in [6.45, 7) is -0.896. The molecule has 5 nitrogen and oxygen atoms in total. The highest BCUT2D eigenvalue weighted by Gasteiger charge is 2.33. The molecule has 8 heteroatoms. The standard InChI is InChI=1S/C19H20F3N3O2/c20-19(21,22)13-27-17-15(7-4-10-23-17)11-24-18(26)25(16-8-9-16)12-14-5-2-1-3-6-14/h1-7,10,16H,8-9,11-13H2,(H,24,26). The summed E-state index contributed by atoms with van der Waals surface area (Å²) in [5, 5.41) is 2.76. The van der Waals surface area contributed by atoms with Crippen LogP contribution in [0.25, 0.3) is 0 Å². The Morgan fingerprint density at radius 1 is 1.19 bits per heavy atom. The minimum atomic E-state index is -4.45. The molecule has 27 heavy (non-hydrogen) atoms. The number of carbonyl (C=O) groups is 1. The highest BCUT2D eigenvalue weighted by atomic mass is 19.4. The van der Waals surface area contributed by atoms with E-state index >= 15 is 0 Å². The molecule has 0 radical (unpaired) electrons. The number of hydrogen-bond acceptors (Lipinski definition) is 3. The summed E-state index contributed by atoms with van der Waals surface area (Å²) in [5.74, 6) is -0.129. The number of rotatable bonds is 7. The van der Waals surface area contributed by atoms with Crippen molar-refractivity contribution in [3.05, 3.63) is 59.8 Å². The largest absolute Gasteiger partial charge is 0.468 e. The molecule has 0 bridgehead atoms. The van der Waals surface area contributed by atoms with Gasteiger partial charge in [0, 0.05) is 30.9 Å². The van der Waals surface area contributed by atoms with Crippen LogP contribution in [0.1, 0.15) is 24.0 Å². The molecule has 0 saturated heterocycles. The third-order valence-corrected chi connectivity index (χ3v) is 4.10. The van der Waals surface area contributed by atoms with Crippen LogP contribution in [0, 0.1) is 0 Å². The molecule has 0 aliphatic heterocycles. The molecule has 1 aliphatic carbocycles. The Morgan fingerprint density at radius 3 is 2.59 bits per heavy atom. The highest BCUT2D eigenvalue weighted by Crippen LogP contribution is 2.28. The summed E-state index contributed by atoms with van der Waals surface area (Å²) >= 11 is 0. The SMILES string of the molecule is O=C(NCc1cccnc1OCC(F)(F)F)N(Cc1ccccc1)C1CC1. The van der Waals surface area contributed by atoms with Crippen LogP contribution in [0.2, 0.25) is 0 Å². The lowest BCUT2D eigenvalue weighted by Gasteiger charge is -2.23. The van der Waals surface area contributed by atoms with E-state index in [1.54, 1.807) is 17.0 Å². The van der Waals surface area contributed by atoms with Crippen LogP contribution >= 0.6 is 0 Å². The van der Waals surface area contributed by atoms with Gasteiger partial charge in [-0.25, -0.2) is 9.78 Å².